The van der Waals surface area contributed by atoms with Crippen LogP contribution in [0.15, 0.2) is 78.1 Å². The molecule has 1 fully saturated rings. The highest BCUT2D eigenvalue weighted by atomic mass is 32.2. The zero-order valence-corrected chi connectivity index (χ0v) is 20.9. The maximum Gasteiger partial charge on any atom is 0.251 e. The number of thioether (sulfide) groups is 1. The number of fused-ring (bicyclic) bond motifs is 1. The number of carbonyl (C=O) groups is 1. The molecule has 0 aliphatic carbocycles. The Kier molecular flexibility index (Phi) is 7.45. The van der Waals surface area contributed by atoms with Crippen molar-refractivity contribution in [3.63, 3.8) is 0 Å². The summed E-state index contributed by atoms with van der Waals surface area (Å²) in [6.45, 7) is 5.81. The fourth-order valence-corrected chi connectivity index (χ4v) is 5.67. The van der Waals surface area contributed by atoms with E-state index in [0.29, 0.717) is 11.6 Å². The quantitative estimate of drug-likeness (QED) is 0.339. The molecule has 1 aliphatic heterocycles. The monoisotopic (exact) mass is 485 g/mol. The number of nitrogens with one attached hydrogen (secondary N) is 1. The lowest BCUT2D eigenvalue weighted by molar-refractivity contribution is 0.0941. The van der Waals surface area contributed by atoms with Gasteiger partial charge in [-0.15, -0.1) is 0 Å². The average Bonchev–Trinajstić information content (AvgIpc) is 3.51. The number of likely N-dealkylation sites (tertiary alicyclic amines) is 1. The van der Waals surface area contributed by atoms with Gasteiger partial charge >= 0.3 is 0 Å². The van der Waals surface area contributed by atoms with Crippen LogP contribution < -0.4 is 5.32 Å². The Bertz CT molecular complexity index is 1270. The van der Waals surface area contributed by atoms with Gasteiger partial charge < -0.3 is 5.32 Å². The van der Waals surface area contributed by atoms with Crippen molar-refractivity contribution in [1.82, 2.24) is 24.8 Å². The highest BCUT2D eigenvalue weighted by Crippen LogP contribution is 2.27. The molecule has 1 saturated heterocycles. The van der Waals surface area contributed by atoms with E-state index in [2.05, 4.69) is 51.0 Å². The standard InChI is InChI=1S/C28H31N5OS/c1-2-32-17-7-10-24(32)18-30-27(34)23-14-12-22(13-15-23)20-35-28-31-25-11-6-16-29-26(25)33(28)19-21-8-4-3-5-9-21/h3-6,8-9,11-16,24H,2,7,10,17-20H2,1H3,(H,30,34)/t24-/m0/s1. The SMILES string of the molecule is CCN1CCC[C@H]1CNC(=O)c1ccc(CSc2nc3cccnc3n2Cc2ccccc2)cc1. The maximum atomic E-state index is 12.6. The molecule has 0 spiro atoms. The number of carbonyl (C=O) groups excluding carboxylic acids is 1. The summed E-state index contributed by atoms with van der Waals surface area (Å²) < 4.78 is 2.18. The minimum Gasteiger partial charge on any atom is -0.350 e. The molecule has 0 radical (unpaired) electrons. The first kappa shape index (κ1) is 23.6. The molecule has 1 N–H and O–H groups in total. The summed E-state index contributed by atoms with van der Waals surface area (Å²) in [4.78, 5) is 24.5. The van der Waals surface area contributed by atoms with Crippen LogP contribution in [0.2, 0.25) is 0 Å². The van der Waals surface area contributed by atoms with Crippen LogP contribution in [0.3, 0.4) is 0 Å². The molecule has 6 nitrogen and oxygen atoms in total. The Labute approximate surface area is 210 Å². The number of hydrogen-bond acceptors (Lipinski definition) is 5. The average molecular weight is 486 g/mol. The molecule has 1 atom stereocenters. The topological polar surface area (TPSA) is 63.1 Å². The lowest BCUT2D eigenvalue weighted by Crippen LogP contribution is -2.40. The molecule has 0 saturated carbocycles. The van der Waals surface area contributed by atoms with Crippen molar-refractivity contribution in [2.24, 2.45) is 0 Å². The summed E-state index contributed by atoms with van der Waals surface area (Å²) in [5, 5.41) is 4.07. The number of nitrogens with zero attached hydrogens (tertiary/aromatic N) is 4. The van der Waals surface area contributed by atoms with Gasteiger partial charge in [0.2, 0.25) is 0 Å². The minimum atomic E-state index is 0.00267. The van der Waals surface area contributed by atoms with E-state index in [1.54, 1.807) is 11.8 Å². The summed E-state index contributed by atoms with van der Waals surface area (Å²) in [7, 11) is 0. The Morgan fingerprint density at radius 3 is 2.69 bits per heavy atom. The van der Waals surface area contributed by atoms with Crippen molar-refractivity contribution >= 4 is 28.8 Å². The third-order valence-electron chi connectivity index (χ3n) is 6.64. The molecule has 4 aromatic rings. The van der Waals surface area contributed by atoms with Crippen molar-refractivity contribution < 1.29 is 4.79 Å². The minimum absolute atomic E-state index is 0.00267. The van der Waals surface area contributed by atoms with Crippen molar-refractivity contribution in [2.75, 3.05) is 19.6 Å². The van der Waals surface area contributed by atoms with Crippen LogP contribution in [0.5, 0.6) is 0 Å². The second-order valence-corrected chi connectivity index (χ2v) is 9.88. The summed E-state index contributed by atoms with van der Waals surface area (Å²) in [5.74, 6) is 0.774. The molecule has 1 amide bonds. The van der Waals surface area contributed by atoms with E-state index < -0.39 is 0 Å². The van der Waals surface area contributed by atoms with Gasteiger partial charge in [-0.1, -0.05) is 61.2 Å². The van der Waals surface area contributed by atoms with E-state index in [1.807, 2.05) is 48.7 Å². The second-order valence-electron chi connectivity index (χ2n) is 8.93. The zero-order valence-electron chi connectivity index (χ0n) is 20.1. The van der Waals surface area contributed by atoms with E-state index in [0.717, 1.165) is 60.2 Å². The zero-order chi connectivity index (χ0) is 24.0. The third kappa shape index (κ3) is 5.57. The highest BCUT2D eigenvalue weighted by Gasteiger charge is 2.23. The largest absolute Gasteiger partial charge is 0.350 e. The van der Waals surface area contributed by atoms with Gasteiger partial charge in [0.25, 0.3) is 5.91 Å². The lowest BCUT2D eigenvalue weighted by Gasteiger charge is -2.22. The van der Waals surface area contributed by atoms with E-state index in [9.17, 15) is 4.79 Å². The summed E-state index contributed by atoms with van der Waals surface area (Å²) >= 11 is 1.69. The third-order valence-corrected chi connectivity index (χ3v) is 7.69. The first-order chi connectivity index (χ1) is 17.2. The van der Waals surface area contributed by atoms with Crippen molar-refractivity contribution in [1.29, 1.82) is 0 Å². The number of hydrogen-bond donors (Lipinski definition) is 1. The molecule has 2 aromatic carbocycles. The van der Waals surface area contributed by atoms with E-state index >= 15 is 0 Å². The van der Waals surface area contributed by atoms with E-state index in [-0.39, 0.29) is 5.91 Å². The smallest absolute Gasteiger partial charge is 0.251 e. The van der Waals surface area contributed by atoms with E-state index in [4.69, 9.17) is 4.98 Å². The highest BCUT2D eigenvalue weighted by molar-refractivity contribution is 7.98. The summed E-state index contributed by atoms with van der Waals surface area (Å²) in [6, 6.07) is 22.7. The molecular formula is C28H31N5OS. The molecule has 1 aliphatic rings. The van der Waals surface area contributed by atoms with Gasteiger partial charge in [-0.05, 0) is 61.3 Å². The summed E-state index contributed by atoms with van der Waals surface area (Å²) in [5.41, 5.74) is 4.89. The molecule has 5 rings (SSSR count). The Hall–Kier alpha value is -3.16. The molecule has 2 aromatic heterocycles. The normalized spacial score (nSPS) is 16.1. The molecule has 0 unspecified atom stereocenters. The maximum absolute atomic E-state index is 12.6. The second kappa shape index (κ2) is 11.1. The van der Waals surface area contributed by atoms with Crippen molar-refractivity contribution in [2.45, 2.75) is 43.3 Å². The number of aromatic nitrogens is 3. The molecule has 0 bridgehead atoms. The van der Waals surface area contributed by atoms with Crippen LogP contribution in [-0.4, -0.2) is 51.0 Å². The van der Waals surface area contributed by atoms with Gasteiger partial charge in [0.1, 0.15) is 5.52 Å². The van der Waals surface area contributed by atoms with Gasteiger partial charge in [0.05, 0.1) is 6.54 Å². The number of likely N-dealkylation sites (N-methyl/N-ethyl adjacent to an activating group) is 1. The summed E-state index contributed by atoms with van der Waals surface area (Å²) in [6.07, 6.45) is 4.20. The van der Waals surface area contributed by atoms with Crippen LogP contribution in [0.1, 0.15) is 41.3 Å². The predicted octanol–water partition coefficient (Wildman–Crippen LogP) is 4.99. The number of benzene rings is 2. The fraction of sp³-hybridized carbons (Fsp3) is 0.321. The number of pyridine rings is 1. The molecular weight excluding hydrogens is 454 g/mol. The van der Waals surface area contributed by atoms with Gasteiger partial charge in [0, 0.05) is 30.1 Å². The number of imidazole rings is 1. The van der Waals surface area contributed by atoms with Crippen molar-refractivity contribution in [3.05, 3.63) is 89.6 Å². The van der Waals surface area contributed by atoms with Gasteiger partial charge in [-0.2, -0.15) is 0 Å². The van der Waals surface area contributed by atoms with Gasteiger partial charge in [-0.3, -0.25) is 14.3 Å². The molecule has 180 valence electrons. The molecule has 35 heavy (non-hydrogen) atoms. The van der Waals surface area contributed by atoms with Crippen LogP contribution in [0.25, 0.3) is 11.2 Å². The Morgan fingerprint density at radius 2 is 1.89 bits per heavy atom. The van der Waals surface area contributed by atoms with Crippen molar-refractivity contribution in [3.8, 4) is 0 Å². The number of amides is 1. The fourth-order valence-electron chi connectivity index (χ4n) is 4.71. The van der Waals surface area contributed by atoms with Crippen LogP contribution in [0, 0.1) is 0 Å². The van der Waals surface area contributed by atoms with Crippen LogP contribution in [0.4, 0.5) is 0 Å². The Balaban J connectivity index is 1.23. The first-order valence-electron chi connectivity index (χ1n) is 12.3. The van der Waals surface area contributed by atoms with Gasteiger partial charge in [-0.25, -0.2) is 9.97 Å². The van der Waals surface area contributed by atoms with Crippen LogP contribution in [-0.2, 0) is 12.3 Å². The molecule has 7 heteroatoms. The number of rotatable bonds is 9. The predicted molar refractivity (Wildman–Crippen MR) is 142 cm³/mol. The van der Waals surface area contributed by atoms with Gasteiger partial charge in [0.15, 0.2) is 10.8 Å². The first-order valence-corrected chi connectivity index (χ1v) is 13.3. The lowest BCUT2D eigenvalue weighted by atomic mass is 10.1. The van der Waals surface area contributed by atoms with Crippen LogP contribution >= 0.6 is 11.8 Å². The Morgan fingerprint density at radius 1 is 1.06 bits per heavy atom. The van der Waals surface area contributed by atoms with E-state index in [1.165, 1.54) is 12.0 Å². The molecule has 3 heterocycles.